The number of nitrogen functional groups attached to an aromatic ring is 1. The fraction of sp³-hybridized carbons (Fsp3) is 0.143. The monoisotopic (exact) mass is 369 g/mol. The van der Waals surface area contributed by atoms with Gasteiger partial charge in [-0.1, -0.05) is 24.3 Å². The summed E-state index contributed by atoms with van der Waals surface area (Å²) in [6.45, 7) is 3.84. The summed E-state index contributed by atoms with van der Waals surface area (Å²) in [5.74, 6) is 1.11. The molecule has 0 aliphatic carbocycles. The predicted octanol–water partition coefficient (Wildman–Crippen LogP) is 4.21. The van der Waals surface area contributed by atoms with E-state index in [-0.39, 0.29) is 6.04 Å². The molecule has 4 aromatic rings. The van der Waals surface area contributed by atoms with E-state index < -0.39 is 0 Å². The van der Waals surface area contributed by atoms with Gasteiger partial charge in [-0.15, -0.1) is 0 Å². The average Bonchev–Trinajstić information content (AvgIpc) is 3.16. The van der Waals surface area contributed by atoms with E-state index in [9.17, 15) is 0 Å². The van der Waals surface area contributed by atoms with E-state index in [1.807, 2.05) is 30.3 Å². The van der Waals surface area contributed by atoms with Crippen LogP contribution in [0.25, 0.3) is 22.0 Å². The van der Waals surface area contributed by atoms with Gasteiger partial charge in [0.1, 0.15) is 17.7 Å². The van der Waals surface area contributed by atoms with Crippen LogP contribution in [0.3, 0.4) is 0 Å². The maximum absolute atomic E-state index is 9.01. The molecule has 0 spiro atoms. The lowest BCUT2D eigenvalue weighted by molar-refractivity contribution is 0.591. The minimum atomic E-state index is -0.331. The highest BCUT2D eigenvalue weighted by Gasteiger charge is 2.10. The molecule has 0 saturated carbocycles. The maximum atomic E-state index is 9.01. The summed E-state index contributed by atoms with van der Waals surface area (Å²) < 4.78 is 1.60. The molecule has 0 aliphatic heterocycles. The zero-order valence-corrected chi connectivity index (χ0v) is 15.6. The number of nitrogens with one attached hydrogen (secondary N) is 1. The van der Waals surface area contributed by atoms with Crippen LogP contribution >= 0.6 is 0 Å². The molecule has 7 heteroatoms. The van der Waals surface area contributed by atoms with Crippen LogP contribution in [0.2, 0.25) is 0 Å². The molecule has 28 heavy (non-hydrogen) atoms. The molecule has 3 N–H and O–H groups in total. The number of benzene rings is 1. The summed E-state index contributed by atoms with van der Waals surface area (Å²) in [5.41, 5.74) is 9.96. The number of aryl methyl sites for hydroxylation is 1. The SMILES string of the molecule is Cc1ccccc1-c1cc2cc(Nc3cnn([C@@H](C)C#N)c3)ncc2c(N)n1. The van der Waals surface area contributed by atoms with Crippen molar-refractivity contribution >= 4 is 28.1 Å². The van der Waals surface area contributed by atoms with Crippen LogP contribution in [-0.2, 0) is 0 Å². The lowest BCUT2D eigenvalue weighted by Gasteiger charge is -2.10. The second kappa shape index (κ2) is 7.00. The summed E-state index contributed by atoms with van der Waals surface area (Å²) in [6, 6.07) is 13.8. The fourth-order valence-electron chi connectivity index (χ4n) is 3.06. The van der Waals surface area contributed by atoms with Crippen molar-refractivity contribution in [2.75, 3.05) is 11.1 Å². The molecule has 3 aromatic heterocycles. The number of nitrogens with two attached hydrogens (primary N) is 1. The summed E-state index contributed by atoms with van der Waals surface area (Å²) >= 11 is 0. The Morgan fingerprint density at radius 2 is 2.04 bits per heavy atom. The highest BCUT2D eigenvalue weighted by atomic mass is 15.3. The second-order valence-corrected chi connectivity index (χ2v) is 6.64. The van der Waals surface area contributed by atoms with Crippen molar-refractivity contribution in [1.29, 1.82) is 5.26 Å². The number of fused-ring (bicyclic) bond motifs is 1. The van der Waals surface area contributed by atoms with Gasteiger partial charge in [-0.3, -0.25) is 4.68 Å². The quantitative estimate of drug-likeness (QED) is 0.558. The molecule has 0 unspecified atom stereocenters. The Bertz CT molecular complexity index is 1200. The van der Waals surface area contributed by atoms with Gasteiger partial charge >= 0.3 is 0 Å². The molecular weight excluding hydrogens is 350 g/mol. The number of hydrogen-bond acceptors (Lipinski definition) is 6. The first-order valence-electron chi connectivity index (χ1n) is 8.88. The van der Waals surface area contributed by atoms with Crippen LogP contribution in [0.4, 0.5) is 17.3 Å². The first-order valence-corrected chi connectivity index (χ1v) is 8.88. The van der Waals surface area contributed by atoms with Gasteiger partial charge in [-0.25, -0.2) is 9.97 Å². The Kier molecular flexibility index (Phi) is 4.38. The molecule has 138 valence electrons. The Labute approximate surface area is 162 Å². The third kappa shape index (κ3) is 3.23. The van der Waals surface area contributed by atoms with Crippen molar-refractivity contribution in [2.45, 2.75) is 19.9 Å². The van der Waals surface area contributed by atoms with E-state index in [1.165, 1.54) is 0 Å². The minimum absolute atomic E-state index is 0.331. The van der Waals surface area contributed by atoms with E-state index in [4.69, 9.17) is 11.0 Å². The molecule has 1 aromatic carbocycles. The molecule has 0 amide bonds. The van der Waals surface area contributed by atoms with Crippen molar-refractivity contribution in [3.05, 3.63) is 60.6 Å². The number of hydrogen-bond donors (Lipinski definition) is 2. The molecule has 7 nitrogen and oxygen atoms in total. The first kappa shape index (κ1) is 17.5. The van der Waals surface area contributed by atoms with Gasteiger partial charge in [0, 0.05) is 23.3 Å². The van der Waals surface area contributed by atoms with Crippen LogP contribution in [-0.4, -0.2) is 19.7 Å². The van der Waals surface area contributed by atoms with Crippen molar-refractivity contribution in [1.82, 2.24) is 19.7 Å². The van der Waals surface area contributed by atoms with Crippen LogP contribution in [0.5, 0.6) is 0 Å². The van der Waals surface area contributed by atoms with Crippen LogP contribution in [0.15, 0.2) is 55.0 Å². The largest absolute Gasteiger partial charge is 0.383 e. The number of nitrogens with zero attached hydrogens (tertiary/aromatic N) is 5. The lowest BCUT2D eigenvalue weighted by atomic mass is 10.0. The van der Waals surface area contributed by atoms with Crippen LogP contribution in [0, 0.1) is 18.3 Å². The van der Waals surface area contributed by atoms with Gasteiger partial charge in [0.25, 0.3) is 0 Å². The molecule has 0 radical (unpaired) electrons. The normalized spacial score (nSPS) is 11.9. The number of aromatic nitrogens is 4. The summed E-state index contributed by atoms with van der Waals surface area (Å²) in [6.07, 6.45) is 5.16. The molecule has 4 rings (SSSR count). The Balaban J connectivity index is 1.71. The van der Waals surface area contributed by atoms with Gasteiger partial charge in [-0.2, -0.15) is 10.4 Å². The van der Waals surface area contributed by atoms with Gasteiger partial charge in [0.05, 0.1) is 23.6 Å². The molecule has 1 atom stereocenters. The van der Waals surface area contributed by atoms with Crippen molar-refractivity contribution in [3.63, 3.8) is 0 Å². The molecule has 3 heterocycles. The Morgan fingerprint density at radius 1 is 1.21 bits per heavy atom. The third-order valence-corrected chi connectivity index (χ3v) is 4.62. The van der Waals surface area contributed by atoms with E-state index in [0.717, 1.165) is 33.3 Å². The van der Waals surface area contributed by atoms with Gasteiger partial charge in [-0.05, 0) is 36.9 Å². The smallest absolute Gasteiger partial charge is 0.135 e. The van der Waals surface area contributed by atoms with E-state index in [0.29, 0.717) is 11.6 Å². The lowest BCUT2D eigenvalue weighted by Crippen LogP contribution is -2.02. The van der Waals surface area contributed by atoms with Crippen molar-refractivity contribution in [3.8, 4) is 17.3 Å². The van der Waals surface area contributed by atoms with Gasteiger partial charge in [0.15, 0.2) is 0 Å². The van der Waals surface area contributed by atoms with Gasteiger partial charge < -0.3 is 11.1 Å². The second-order valence-electron chi connectivity index (χ2n) is 6.64. The van der Waals surface area contributed by atoms with Crippen molar-refractivity contribution < 1.29 is 0 Å². The zero-order valence-electron chi connectivity index (χ0n) is 15.6. The van der Waals surface area contributed by atoms with E-state index in [1.54, 1.807) is 30.2 Å². The zero-order chi connectivity index (χ0) is 19.7. The minimum Gasteiger partial charge on any atom is -0.383 e. The molecule has 0 bridgehead atoms. The Hall–Kier alpha value is -3.92. The number of anilines is 3. The molecular formula is C21H19N7. The number of nitriles is 1. The third-order valence-electron chi connectivity index (χ3n) is 4.62. The van der Waals surface area contributed by atoms with Crippen LogP contribution < -0.4 is 11.1 Å². The highest BCUT2D eigenvalue weighted by molar-refractivity contribution is 5.94. The topological polar surface area (TPSA) is 105 Å². The van der Waals surface area contributed by atoms with E-state index in [2.05, 4.69) is 39.4 Å². The predicted molar refractivity (Wildman–Crippen MR) is 110 cm³/mol. The molecule has 0 aliphatic rings. The summed E-state index contributed by atoms with van der Waals surface area (Å²) in [5, 5.41) is 18.2. The Morgan fingerprint density at radius 3 is 2.82 bits per heavy atom. The standard InChI is InChI=1S/C21H19N7/c1-13-5-3-4-6-17(13)19-7-15-8-20(24-11-18(15)21(23)27-19)26-16-10-25-28(12-16)14(2)9-22/h3-8,10-12,14H,1-2H3,(H2,23,27)(H,24,26)/t14-/m0/s1. The highest BCUT2D eigenvalue weighted by Crippen LogP contribution is 2.29. The number of rotatable bonds is 4. The summed E-state index contributed by atoms with van der Waals surface area (Å²) in [4.78, 5) is 8.98. The number of pyridine rings is 2. The molecule has 0 saturated heterocycles. The van der Waals surface area contributed by atoms with Gasteiger partial charge in [0.2, 0.25) is 0 Å². The molecule has 0 fully saturated rings. The average molecular weight is 369 g/mol. The van der Waals surface area contributed by atoms with E-state index >= 15 is 0 Å². The van der Waals surface area contributed by atoms with Crippen LogP contribution in [0.1, 0.15) is 18.5 Å². The maximum Gasteiger partial charge on any atom is 0.135 e. The van der Waals surface area contributed by atoms with Crippen molar-refractivity contribution in [2.24, 2.45) is 0 Å². The fourth-order valence-corrected chi connectivity index (χ4v) is 3.06. The first-order chi connectivity index (χ1) is 13.5. The summed E-state index contributed by atoms with van der Waals surface area (Å²) in [7, 11) is 0.